The van der Waals surface area contributed by atoms with Crippen LogP contribution >= 0.6 is 0 Å². The molecule has 0 spiro atoms. The molecule has 1 fully saturated rings. The van der Waals surface area contributed by atoms with Crippen molar-refractivity contribution in [3.05, 3.63) is 59.9 Å². The molecule has 0 radical (unpaired) electrons. The van der Waals surface area contributed by atoms with Crippen LogP contribution in [0.25, 0.3) is 0 Å². The lowest BCUT2D eigenvalue weighted by molar-refractivity contribution is -0.130. The number of halogens is 1. The number of esters is 1. The zero-order valence-corrected chi connectivity index (χ0v) is 17.2. The number of ether oxygens (including phenoxy) is 1. The average molecular weight is 435 g/mol. The minimum absolute atomic E-state index is 0.0359. The summed E-state index contributed by atoms with van der Waals surface area (Å²) in [5.41, 5.74) is 1.08. The fourth-order valence-electron chi connectivity index (χ4n) is 3.09. The monoisotopic (exact) mass is 435 g/mol. The highest BCUT2D eigenvalue weighted by Crippen LogP contribution is 2.18. The van der Waals surface area contributed by atoms with Gasteiger partial charge < -0.3 is 15.0 Å². The highest BCUT2D eigenvalue weighted by atomic mass is 32.2. The summed E-state index contributed by atoms with van der Waals surface area (Å²) in [4.78, 5) is 25.3. The molecular weight excluding hydrogens is 413 g/mol. The molecule has 1 heterocycles. The minimum atomic E-state index is -3.80. The van der Waals surface area contributed by atoms with Gasteiger partial charge >= 0.3 is 5.97 Å². The number of hydrogen-bond acceptors (Lipinski definition) is 6. The molecule has 2 aromatic carbocycles. The Balaban J connectivity index is 1.52. The van der Waals surface area contributed by atoms with E-state index in [9.17, 15) is 22.4 Å². The third-order valence-electron chi connectivity index (χ3n) is 4.77. The van der Waals surface area contributed by atoms with Gasteiger partial charge in [-0.3, -0.25) is 4.79 Å². The van der Waals surface area contributed by atoms with Crippen LogP contribution in [0.5, 0.6) is 0 Å². The molecule has 8 nitrogen and oxygen atoms in total. The summed E-state index contributed by atoms with van der Waals surface area (Å²) in [5.74, 6) is -1.23. The number of hydrogen-bond donors (Lipinski definition) is 1. The van der Waals surface area contributed by atoms with Gasteiger partial charge in [0.1, 0.15) is 5.82 Å². The van der Waals surface area contributed by atoms with Crippen LogP contribution in [0.2, 0.25) is 0 Å². The Hall–Kier alpha value is -2.98. The van der Waals surface area contributed by atoms with E-state index in [1.54, 1.807) is 29.2 Å². The van der Waals surface area contributed by atoms with Crippen LogP contribution in [-0.2, 0) is 19.6 Å². The number of carbonyl (C=O) groups is 2. The molecule has 1 aliphatic rings. The molecule has 0 atom stereocenters. The number of nitrogens with zero attached hydrogens (tertiary/aromatic N) is 2. The van der Waals surface area contributed by atoms with Gasteiger partial charge in [0, 0.05) is 31.9 Å². The summed E-state index contributed by atoms with van der Waals surface area (Å²) in [6, 6.07) is 11.4. The van der Waals surface area contributed by atoms with Crippen LogP contribution in [0.1, 0.15) is 10.4 Å². The first-order chi connectivity index (χ1) is 14.3. The van der Waals surface area contributed by atoms with E-state index in [4.69, 9.17) is 0 Å². The normalized spacial score (nSPS) is 14.9. The number of sulfonamides is 1. The van der Waals surface area contributed by atoms with Gasteiger partial charge in [0.15, 0.2) is 0 Å². The van der Waals surface area contributed by atoms with Crippen molar-refractivity contribution in [1.82, 2.24) is 9.21 Å². The van der Waals surface area contributed by atoms with Crippen molar-refractivity contribution in [2.75, 3.05) is 45.2 Å². The number of piperazine rings is 1. The first-order valence-electron chi connectivity index (χ1n) is 9.27. The molecule has 1 amide bonds. The number of anilines is 1. The largest absolute Gasteiger partial charge is 0.465 e. The fraction of sp³-hybridized carbons (Fsp3) is 0.300. The quantitative estimate of drug-likeness (QED) is 0.692. The van der Waals surface area contributed by atoms with Gasteiger partial charge in [0.05, 0.1) is 24.1 Å². The van der Waals surface area contributed by atoms with Gasteiger partial charge in [0.25, 0.3) is 0 Å². The van der Waals surface area contributed by atoms with Crippen LogP contribution in [0.4, 0.5) is 10.1 Å². The number of benzene rings is 2. The molecule has 0 unspecified atom stereocenters. The van der Waals surface area contributed by atoms with Gasteiger partial charge in [-0.05, 0) is 42.5 Å². The second-order valence-corrected chi connectivity index (χ2v) is 8.60. The molecular formula is C20H22FN3O5S. The number of amides is 1. The Labute approximate surface area is 174 Å². The van der Waals surface area contributed by atoms with Crippen LogP contribution in [0.3, 0.4) is 0 Å². The zero-order valence-electron chi connectivity index (χ0n) is 16.4. The minimum Gasteiger partial charge on any atom is -0.465 e. The van der Waals surface area contributed by atoms with Gasteiger partial charge in [-0.25, -0.2) is 17.6 Å². The molecule has 10 heteroatoms. The van der Waals surface area contributed by atoms with E-state index in [-0.39, 0.29) is 43.5 Å². The molecule has 0 aromatic heterocycles. The molecule has 1 N–H and O–H groups in total. The van der Waals surface area contributed by atoms with Gasteiger partial charge in [-0.2, -0.15) is 4.31 Å². The Morgan fingerprint density at radius 2 is 1.73 bits per heavy atom. The van der Waals surface area contributed by atoms with Crippen LogP contribution in [0.15, 0.2) is 53.4 Å². The number of rotatable bonds is 6. The standard InChI is InChI=1S/C20H22FN3O5S/c1-29-20(26)15-5-7-17(8-6-15)22-14-19(25)23-9-11-24(12-10-23)30(27,28)18-4-2-3-16(21)13-18/h2-8,13,22H,9-12,14H2,1H3. The molecule has 0 saturated carbocycles. The molecule has 1 saturated heterocycles. The summed E-state index contributed by atoms with van der Waals surface area (Å²) >= 11 is 0. The zero-order chi connectivity index (χ0) is 21.7. The number of carbonyl (C=O) groups excluding carboxylic acids is 2. The first-order valence-corrected chi connectivity index (χ1v) is 10.7. The molecule has 160 valence electrons. The Kier molecular flexibility index (Phi) is 6.68. The molecule has 3 rings (SSSR count). The highest BCUT2D eigenvalue weighted by molar-refractivity contribution is 7.89. The lowest BCUT2D eigenvalue weighted by Gasteiger charge is -2.34. The van der Waals surface area contributed by atoms with Crippen molar-refractivity contribution in [2.24, 2.45) is 0 Å². The third kappa shape index (κ3) is 4.95. The average Bonchev–Trinajstić information content (AvgIpc) is 2.77. The highest BCUT2D eigenvalue weighted by Gasteiger charge is 2.30. The Morgan fingerprint density at radius 1 is 1.07 bits per heavy atom. The summed E-state index contributed by atoms with van der Waals surface area (Å²) < 4.78 is 44.5. The summed E-state index contributed by atoms with van der Waals surface area (Å²) in [5, 5.41) is 2.98. The molecule has 30 heavy (non-hydrogen) atoms. The summed E-state index contributed by atoms with van der Waals surface area (Å²) in [7, 11) is -2.50. The first kappa shape index (κ1) is 21.7. The fourth-order valence-corrected chi connectivity index (χ4v) is 4.54. The van der Waals surface area contributed by atoms with E-state index in [0.717, 1.165) is 6.07 Å². The third-order valence-corrected chi connectivity index (χ3v) is 6.67. The Morgan fingerprint density at radius 3 is 2.33 bits per heavy atom. The van der Waals surface area contributed by atoms with Gasteiger partial charge in [-0.15, -0.1) is 0 Å². The van der Waals surface area contributed by atoms with E-state index in [1.165, 1.54) is 29.6 Å². The number of methoxy groups -OCH3 is 1. The van der Waals surface area contributed by atoms with E-state index in [1.807, 2.05) is 0 Å². The molecule has 2 aromatic rings. The lowest BCUT2D eigenvalue weighted by atomic mass is 10.2. The van der Waals surface area contributed by atoms with Crippen molar-refractivity contribution in [2.45, 2.75) is 4.90 Å². The second-order valence-electron chi connectivity index (χ2n) is 6.66. The SMILES string of the molecule is COC(=O)c1ccc(NCC(=O)N2CCN(S(=O)(=O)c3cccc(F)c3)CC2)cc1. The van der Waals surface area contributed by atoms with Crippen molar-refractivity contribution in [3.63, 3.8) is 0 Å². The lowest BCUT2D eigenvalue weighted by Crippen LogP contribution is -2.51. The van der Waals surface area contributed by atoms with Crippen LogP contribution < -0.4 is 5.32 Å². The van der Waals surface area contributed by atoms with Crippen molar-refractivity contribution in [3.8, 4) is 0 Å². The van der Waals surface area contributed by atoms with Gasteiger partial charge in [0.2, 0.25) is 15.9 Å². The topological polar surface area (TPSA) is 96.0 Å². The van der Waals surface area contributed by atoms with Crippen molar-refractivity contribution in [1.29, 1.82) is 0 Å². The summed E-state index contributed by atoms with van der Waals surface area (Å²) in [6.07, 6.45) is 0. The van der Waals surface area contributed by atoms with Gasteiger partial charge in [-0.1, -0.05) is 6.07 Å². The van der Waals surface area contributed by atoms with E-state index in [0.29, 0.717) is 11.3 Å². The Bertz CT molecular complexity index is 1020. The number of nitrogens with one attached hydrogen (secondary N) is 1. The van der Waals surface area contributed by atoms with Crippen molar-refractivity contribution < 1.29 is 27.1 Å². The van der Waals surface area contributed by atoms with Crippen LogP contribution in [0, 0.1) is 5.82 Å². The predicted molar refractivity (Wildman–Crippen MR) is 108 cm³/mol. The predicted octanol–water partition coefficient (Wildman–Crippen LogP) is 1.56. The van der Waals surface area contributed by atoms with E-state index < -0.39 is 21.8 Å². The van der Waals surface area contributed by atoms with E-state index in [2.05, 4.69) is 10.1 Å². The molecule has 0 aliphatic carbocycles. The molecule has 0 bridgehead atoms. The molecule has 1 aliphatic heterocycles. The maximum absolute atomic E-state index is 13.4. The van der Waals surface area contributed by atoms with E-state index >= 15 is 0 Å². The summed E-state index contributed by atoms with van der Waals surface area (Å²) in [6.45, 7) is 0.803. The maximum atomic E-state index is 13.4. The second kappa shape index (κ2) is 9.23. The van der Waals surface area contributed by atoms with Crippen LogP contribution in [-0.4, -0.2) is 69.3 Å². The van der Waals surface area contributed by atoms with Crippen molar-refractivity contribution >= 4 is 27.6 Å². The maximum Gasteiger partial charge on any atom is 0.337 e. The smallest absolute Gasteiger partial charge is 0.337 e.